The van der Waals surface area contributed by atoms with Crippen LogP contribution in [0, 0.1) is 5.41 Å². The van der Waals surface area contributed by atoms with Crippen LogP contribution in [0.4, 0.5) is 0 Å². The first-order chi connectivity index (χ1) is 4.87. The molecule has 0 saturated carbocycles. The third kappa shape index (κ3) is 4.79. The van der Waals surface area contributed by atoms with Crippen LogP contribution >= 0.6 is 0 Å². The van der Waals surface area contributed by atoms with Crippen molar-refractivity contribution < 1.29 is 4.79 Å². The summed E-state index contributed by atoms with van der Waals surface area (Å²) in [5.74, 6) is -0.0834. The average Bonchev–Trinajstić information content (AvgIpc) is 1.82. The molecule has 3 heteroatoms. The molecular formula is C8H18N2O. The van der Waals surface area contributed by atoms with Gasteiger partial charge in [-0.15, -0.1) is 0 Å². The van der Waals surface area contributed by atoms with Crippen molar-refractivity contribution in [1.82, 2.24) is 5.32 Å². The van der Waals surface area contributed by atoms with Gasteiger partial charge >= 0.3 is 0 Å². The highest BCUT2D eigenvalue weighted by molar-refractivity contribution is 5.81. The number of nitrogens with two attached hydrogens (primary N) is 1. The number of carbonyl (C=O) groups is 1. The molecule has 1 atom stereocenters. The van der Waals surface area contributed by atoms with E-state index in [2.05, 4.69) is 26.1 Å². The van der Waals surface area contributed by atoms with Crippen molar-refractivity contribution in [3.05, 3.63) is 0 Å². The third-order valence-corrected chi connectivity index (χ3v) is 1.42. The monoisotopic (exact) mass is 158 g/mol. The van der Waals surface area contributed by atoms with Gasteiger partial charge in [-0.1, -0.05) is 20.8 Å². The lowest BCUT2D eigenvalue weighted by Crippen LogP contribution is -2.41. The second-order valence-electron chi connectivity index (χ2n) is 3.99. The Kier molecular flexibility index (Phi) is 3.52. The number of carbonyl (C=O) groups excluding carboxylic acids is 1. The fraction of sp³-hybridized carbons (Fsp3) is 0.875. The molecular weight excluding hydrogens is 140 g/mol. The first-order valence-corrected chi connectivity index (χ1v) is 3.84. The van der Waals surface area contributed by atoms with Crippen molar-refractivity contribution in [1.29, 1.82) is 0 Å². The zero-order valence-corrected chi connectivity index (χ0v) is 7.77. The van der Waals surface area contributed by atoms with E-state index in [1.165, 1.54) is 0 Å². The molecule has 0 unspecified atom stereocenters. The summed E-state index contributed by atoms with van der Waals surface area (Å²) in [5.41, 5.74) is 5.72. The molecule has 0 aliphatic heterocycles. The summed E-state index contributed by atoms with van der Waals surface area (Å²) < 4.78 is 0. The molecule has 0 aliphatic rings. The lowest BCUT2D eigenvalue weighted by molar-refractivity contribution is -0.122. The number of hydrogen-bond donors (Lipinski definition) is 2. The summed E-state index contributed by atoms with van der Waals surface area (Å²) >= 11 is 0. The summed E-state index contributed by atoms with van der Waals surface area (Å²) in [6, 6.07) is -0.375. The number of hydrogen-bond acceptors (Lipinski definition) is 2. The molecule has 0 saturated heterocycles. The number of likely N-dealkylation sites (N-methyl/N-ethyl adjacent to an activating group) is 1. The molecule has 1 amide bonds. The number of rotatable bonds is 2. The topological polar surface area (TPSA) is 55.1 Å². The highest BCUT2D eigenvalue weighted by Gasteiger charge is 2.19. The third-order valence-electron chi connectivity index (χ3n) is 1.42. The van der Waals surface area contributed by atoms with Gasteiger partial charge in [-0.05, 0) is 11.8 Å². The first-order valence-electron chi connectivity index (χ1n) is 3.84. The summed E-state index contributed by atoms with van der Waals surface area (Å²) in [6.07, 6.45) is 0.715. The van der Waals surface area contributed by atoms with Crippen molar-refractivity contribution >= 4 is 5.91 Å². The first kappa shape index (κ1) is 10.4. The Morgan fingerprint density at radius 3 is 2.27 bits per heavy atom. The van der Waals surface area contributed by atoms with Gasteiger partial charge in [0.05, 0.1) is 6.04 Å². The maximum atomic E-state index is 11.0. The maximum Gasteiger partial charge on any atom is 0.236 e. The second-order valence-corrected chi connectivity index (χ2v) is 3.99. The van der Waals surface area contributed by atoms with Crippen molar-refractivity contribution in [3.8, 4) is 0 Å². The van der Waals surface area contributed by atoms with Crippen molar-refractivity contribution in [2.45, 2.75) is 33.2 Å². The molecule has 0 aromatic rings. The Balaban J connectivity index is 3.87. The zero-order valence-electron chi connectivity index (χ0n) is 7.77. The lowest BCUT2D eigenvalue weighted by Gasteiger charge is -2.21. The molecule has 0 radical (unpaired) electrons. The van der Waals surface area contributed by atoms with E-state index in [0.29, 0.717) is 6.42 Å². The Morgan fingerprint density at radius 1 is 1.55 bits per heavy atom. The quantitative estimate of drug-likeness (QED) is 0.614. The van der Waals surface area contributed by atoms with Crippen LogP contribution in [0.5, 0.6) is 0 Å². The van der Waals surface area contributed by atoms with Gasteiger partial charge in [-0.2, -0.15) is 0 Å². The van der Waals surface area contributed by atoms with E-state index < -0.39 is 0 Å². The molecule has 0 aliphatic carbocycles. The molecule has 0 aromatic carbocycles. The molecule has 66 valence electrons. The van der Waals surface area contributed by atoms with Gasteiger partial charge in [0.15, 0.2) is 0 Å². The maximum absolute atomic E-state index is 11.0. The lowest BCUT2D eigenvalue weighted by atomic mass is 9.88. The zero-order chi connectivity index (χ0) is 9.07. The van der Waals surface area contributed by atoms with Crippen LogP contribution in [-0.4, -0.2) is 19.0 Å². The van der Waals surface area contributed by atoms with Gasteiger partial charge in [-0.3, -0.25) is 4.79 Å². The summed E-state index contributed by atoms with van der Waals surface area (Å²) in [6.45, 7) is 6.20. The van der Waals surface area contributed by atoms with Crippen molar-refractivity contribution in [3.63, 3.8) is 0 Å². The Labute approximate surface area is 68.3 Å². The largest absolute Gasteiger partial charge is 0.358 e. The number of nitrogens with one attached hydrogen (secondary N) is 1. The molecule has 0 aromatic heterocycles. The molecule has 3 nitrogen and oxygen atoms in total. The van der Waals surface area contributed by atoms with Gasteiger partial charge in [0.1, 0.15) is 0 Å². The van der Waals surface area contributed by atoms with E-state index in [0.717, 1.165) is 0 Å². The van der Waals surface area contributed by atoms with E-state index in [9.17, 15) is 4.79 Å². The van der Waals surface area contributed by atoms with Crippen LogP contribution in [0.25, 0.3) is 0 Å². The summed E-state index contributed by atoms with van der Waals surface area (Å²) in [4.78, 5) is 11.0. The average molecular weight is 158 g/mol. The molecule has 11 heavy (non-hydrogen) atoms. The minimum absolute atomic E-state index is 0.0834. The predicted octanol–water partition coefficient (Wildman–Crippen LogP) is 0.496. The van der Waals surface area contributed by atoms with Gasteiger partial charge in [-0.25, -0.2) is 0 Å². The standard InChI is InChI=1S/C8H18N2O/c1-8(2,3)5-6(9)7(11)10-4/h6H,5,9H2,1-4H3,(H,10,11)/t6-/m0/s1. The fourth-order valence-corrected chi connectivity index (χ4v) is 0.938. The Morgan fingerprint density at radius 2 is 2.00 bits per heavy atom. The number of amides is 1. The molecule has 0 fully saturated rings. The minimum Gasteiger partial charge on any atom is -0.358 e. The normalized spacial score (nSPS) is 14.3. The van der Waals surface area contributed by atoms with Gasteiger partial charge in [0, 0.05) is 7.05 Å². The second kappa shape index (κ2) is 3.72. The molecule has 0 heterocycles. The van der Waals surface area contributed by atoms with Gasteiger partial charge < -0.3 is 11.1 Å². The van der Waals surface area contributed by atoms with Crippen LogP contribution in [0.2, 0.25) is 0 Å². The van der Waals surface area contributed by atoms with E-state index in [-0.39, 0.29) is 17.4 Å². The minimum atomic E-state index is -0.375. The Bertz CT molecular complexity index is 138. The van der Waals surface area contributed by atoms with E-state index >= 15 is 0 Å². The van der Waals surface area contributed by atoms with Crippen LogP contribution in [-0.2, 0) is 4.79 Å². The smallest absolute Gasteiger partial charge is 0.236 e. The fourth-order valence-electron chi connectivity index (χ4n) is 0.938. The SMILES string of the molecule is CNC(=O)[C@@H](N)CC(C)(C)C. The molecule has 0 bridgehead atoms. The van der Waals surface area contributed by atoms with E-state index in [1.54, 1.807) is 7.05 Å². The van der Waals surface area contributed by atoms with E-state index in [4.69, 9.17) is 5.73 Å². The highest BCUT2D eigenvalue weighted by Crippen LogP contribution is 2.19. The van der Waals surface area contributed by atoms with Crippen molar-refractivity contribution in [2.75, 3.05) is 7.05 Å². The highest BCUT2D eigenvalue weighted by atomic mass is 16.2. The van der Waals surface area contributed by atoms with Crippen LogP contribution in [0.1, 0.15) is 27.2 Å². The predicted molar refractivity (Wildman–Crippen MR) is 46.1 cm³/mol. The molecule has 0 spiro atoms. The van der Waals surface area contributed by atoms with Crippen LogP contribution in [0.15, 0.2) is 0 Å². The van der Waals surface area contributed by atoms with E-state index in [1.807, 2.05) is 0 Å². The summed E-state index contributed by atoms with van der Waals surface area (Å²) in [5, 5.41) is 2.52. The Hall–Kier alpha value is -0.570. The molecule has 3 N–H and O–H groups in total. The van der Waals surface area contributed by atoms with Crippen LogP contribution in [0.3, 0.4) is 0 Å². The van der Waals surface area contributed by atoms with Gasteiger partial charge in [0.2, 0.25) is 5.91 Å². The van der Waals surface area contributed by atoms with Gasteiger partial charge in [0.25, 0.3) is 0 Å². The van der Waals surface area contributed by atoms with Crippen LogP contribution < -0.4 is 11.1 Å². The summed E-state index contributed by atoms with van der Waals surface area (Å²) in [7, 11) is 1.60. The van der Waals surface area contributed by atoms with Crippen molar-refractivity contribution in [2.24, 2.45) is 11.1 Å². The molecule has 0 rings (SSSR count).